The van der Waals surface area contributed by atoms with E-state index in [0.29, 0.717) is 0 Å². The van der Waals surface area contributed by atoms with Crippen LogP contribution in [0.25, 0.3) is 21.8 Å². The van der Waals surface area contributed by atoms with E-state index in [2.05, 4.69) is 58.5 Å². The summed E-state index contributed by atoms with van der Waals surface area (Å²) in [5, 5.41) is 2.61. The summed E-state index contributed by atoms with van der Waals surface area (Å²) in [6, 6.07) is 20.6. The molecular weight excluding hydrogens is 250 g/mol. The molecule has 4 heteroatoms. The number of H-pyrrole nitrogens is 2. The van der Waals surface area contributed by atoms with Crippen molar-refractivity contribution in [1.29, 1.82) is 0 Å². The summed E-state index contributed by atoms with van der Waals surface area (Å²) in [4.78, 5) is 6.24. The number of halogens is 1. The van der Waals surface area contributed by atoms with E-state index in [-0.39, 0.29) is 13.1 Å². The molecule has 0 unspecified atom stereocenters. The third kappa shape index (κ3) is 3.09. The summed E-state index contributed by atoms with van der Waals surface area (Å²) in [5.41, 5.74) is 2.42. The van der Waals surface area contributed by atoms with E-state index in [1.807, 2.05) is 24.5 Å². The lowest BCUT2D eigenvalue weighted by atomic mass is 10.2. The molecule has 0 aliphatic heterocycles. The quantitative estimate of drug-likeness (QED) is 0.459. The van der Waals surface area contributed by atoms with Gasteiger partial charge in [0.25, 0.3) is 0 Å². The van der Waals surface area contributed by atoms with Crippen molar-refractivity contribution >= 4 is 30.2 Å². The minimum absolute atomic E-state index is 0. The largest absolute Gasteiger partial charge is 0.368 e. The number of para-hydroxylation sites is 2. The molecule has 4 rings (SSSR count). The third-order valence-corrected chi connectivity index (χ3v) is 2.91. The predicted octanol–water partition coefficient (Wildman–Crippen LogP) is 3.30. The monoisotopic (exact) mass is 268 g/mol. The van der Waals surface area contributed by atoms with Gasteiger partial charge in [0.05, 0.1) is 8.41 Å². The molecule has 4 aromatic rings. The van der Waals surface area contributed by atoms with Crippen molar-refractivity contribution in [3.8, 4) is 0 Å². The Balaban J connectivity index is 0.000000248. The smallest absolute Gasteiger partial charge is 0.0814 e. The average Bonchev–Trinajstić information content (AvgIpc) is 3.10. The maximum Gasteiger partial charge on any atom is 0.0814 e. The van der Waals surface area contributed by atoms with E-state index >= 15 is 0 Å². The van der Waals surface area contributed by atoms with Crippen molar-refractivity contribution in [1.82, 2.24) is 9.97 Å². The molecule has 2 heterocycles. The van der Waals surface area contributed by atoms with Crippen LogP contribution in [-0.2, 0) is 0 Å². The number of rotatable bonds is 0. The molecule has 2 nitrogen and oxygen atoms in total. The maximum absolute atomic E-state index is 3.38. The Morgan fingerprint density at radius 1 is 0.600 bits per heavy atom. The van der Waals surface area contributed by atoms with Gasteiger partial charge in [-0.3, -0.25) is 4.70 Å². The van der Waals surface area contributed by atoms with Gasteiger partial charge in [0, 0.05) is 34.2 Å². The maximum atomic E-state index is 3.38. The average molecular weight is 268 g/mol. The van der Waals surface area contributed by atoms with Crippen LogP contribution in [0, 0.1) is 0 Å². The molecule has 0 radical (unpaired) electrons. The molecule has 0 fully saturated rings. The van der Waals surface area contributed by atoms with Gasteiger partial charge in [0.2, 0.25) is 0 Å². The van der Waals surface area contributed by atoms with Crippen LogP contribution in [-0.4, -0.2) is 18.4 Å². The van der Waals surface area contributed by atoms with Crippen LogP contribution in [0.2, 0.25) is 0 Å². The van der Waals surface area contributed by atoms with E-state index in [4.69, 9.17) is 0 Å². The van der Waals surface area contributed by atoms with Gasteiger partial charge in [-0.1, -0.05) is 36.4 Å². The van der Waals surface area contributed by atoms with Gasteiger partial charge >= 0.3 is 0 Å². The zero-order valence-corrected chi connectivity index (χ0v) is 10.3. The van der Waals surface area contributed by atoms with Crippen LogP contribution in [0.1, 0.15) is 0 Å². The number of benzene rings is 2. The van der Waals surface area contributed by atoms with Gasteiger partial charge in [0.15, 0.2) is 0 Å². The van der Waals surface area contributed by atoms with Crippen molar-refractivity contribution in [2.24, 2.45) is 0 Å². The summed E-state index contributed by atoms with van der Waals surface area (Å²) in [6.07, 6.45) is 3.75. The fraction of sp³-hybridized carbons (Fsp3) is 0. The second-order valence-corrected chi connectivity index (χ2v) is 4.10. The van der Waals surface area contributed by atoms with Crippen LogP contribution >= 0.6 is 0 Å². The SMILES string of the molecule is B.F.c1cc[nH]c1.c1ccc2c(c1)[nH]c1ccccc12. The second-order valence-electron chi connectivity index (χ2n) is 4.10. The molecule has 0 aliphatic carbocycles. The molecule has 2 N–H and O–H groups in total. The first kappa shape index (κ1) is 15.6. The van der Waals surface area contributed by atoms with Crippen molar-refractivity contribution in [3.05, 3.63) is 73.1 Å². The third-order valence-electron chi connectivity index (χ3n) is 2.91. The van der Waals surface area contributed by atoms with E-state index in [1.165, 1.54) is 21.8 Å². The Hall–Kier alpha value is -2.49. The molecule has 102 valence electrons. The van der Waals surface area contributed by atoms with Crippen molar-refractivity contribution in [3.63, 3.8) is 0 Å². The Bertz CT molecular complexity index is 680. The summed E-state index contributed by atoms with van der Waals surface area (Å²) >= 11 is 0. The van der Waals surface area contributed by atoms with Crippen LogP contribution in [0.4, 0.5) is 4.70 Å². The van der Waals surface area contributed by atoms with Gasteiger partial charge < -0.3 is 9.97 Å². The lowest BCUT2D eigenvalue weighted by Gasteiger charge is -1.87. The molecule has 0 aliphatic rings. The number of hydrogen-bond acceptors (Lipinski definition) is 0. The van der Waals surface area contributed by atoms with Gasteiger partial charge in [-0.2, -0.15) is 0 Å². The highest BCUT2D eigenvalue weighted by atomic mass is 19.0. The minimum atomic E-state index is 0. The Morgan fingerprint density at radius 3 is 1.45 bits per heavy atom. The van der Waals surface area contributed by atoms with Crippen molar-refractivity contribution < 1.29 is 4.70 Å². The highest BCUT2D eigenvalue weighted by Crippen LogP contribution is 2.24. The molecule has 0 spiro atoms. The molecule has 20 heavy (non-hydrogen) atoms. The van der Waals surface area contributed by atoms with Crippen LogP contribution in [0.5, 0.6) is 0 Å². The fourth-order valence-corrected chi connectivity index (χ4v) is 2.08. The molecule has 0 saturated carbocycles. The molecule has 0 amide bonds. The van der Waals surface area contributed by atoms with Gasteiger partial charge in [-0.15, -0.1) is 0 Å². The van der Waals surface area contributed by atoms with Crippen LogP contribution in [0.3, 0.4) is 0 Å². The molecule has 2 aromatic carbocycles. The Morgan fingerprint density at radius 2 is 1.05 bits per heavy atom. The normalized spacial score (nSPS) is 9.20. The Labute approximate surface area is 118 Å². The highest BCUT2D eigenvalue weighted by Gasteiger charge is 2.00. The molecule has 0 atom stereocenters. The Kier molecular flexibility index (Phi) is 5.60. The first-order valence-corrected chi connectivity index (χ1v) is 5.98. The second kappa shape index (κ2) is 7.19. The van der Waals surface area contributed by atoms with Crippen molar-refractivity contribution in [2.45, 2.75) is 0 Å². The number of fused-ring (bicyclic) bond motifs is 3. The number of aromatic amines is 2. The van der Waals surface area contributed by atoms with Gasteiger partial charge in [-0.05, 0) is 24.3 Å². The highest BCUT2D eigenvalue weighted by molar-refractivity contribution is 6.06. The lowest BCUT2D eigenvalue weighted by molar-refractivity contribution is 1.11. The first-order chi connectivity index (χ1) is 8.95. The van der Waals surface area contributed by atoms with Crippen LogP contribution < -0.4 is 0 Å². The predicted molar refractivity (Wildman–Crippen MR) is 89.0 cm³/mol. The number of aromatic nitrogens is 2. The van der Waals surface area contributed by atoms with Gasteiger partial charge in [-0.25, -0.2) is 0 Å². The zero-order valence-electron chi connectivity index (χ0n) is 10.3. The summed E-state index contributed by atoms with van der Waals surface area (Å²) < 4.78 is 0. The topological polar surface area (TPSA) is 31.6 Å². The number of nitrogens with one attached hydrogen (secondary N) is 2. The molecule has 2 aromatic heterocycles. The van der Waals surface area contributed by atoms with Crippen LogP contribution in [0.15, 0.2) is 73.1 Å². The summed E-state index contributed by atoms with van der Waals surface area (Å²) in [7, 11) is 0. The zero-order chi connectivity index (χ0) is 12.2. The molecule has 0 saturated heterocycles. The van der Waals surface area contributed by atoms with Crippen molar-refractivity contribution in [2.75, 3.05) is 0 Å². The summed E-state index contributed by atoms with van der Waals surface area (Å²) in [6.45, 7) is 0. The first-order valence-electron chi connectivity index (χ1n) is 5.98. The van der Waals surface area contributed by atoms with E-state index in [9.17, 15) is 0 Å². The van der Waals surface area contributed by atoms with E-state index < -0.39 is 0 Å². The van der Waals surface area contributed by atoms with E-state index in [0.717, 1.165) is 0 Å². The fourth-order valence-electron chi connectivity index (χ4n) is 2.08. The number of hydrogen-bond donors (Lipinski definition) is 2. The standard InChI is InChI=1S/C12H9N.C4H5N.BH3.FH/c1-3-7-11-9(5-1)10-6-2-4-8-12(10)13-11;1-2-4-5-3-1;;/h1-8,13H;1-5H;1H3;1H. The minimum Gasteiger partial charge on any atom is -0.368 e. The molecule has 0 bridgehead atoms. The van der Waals surface area contributed by atoms with Gasteiger partial charge in [0.1, 0.15) is 0 Å². The lowest BCUT2D eigenvalue weighted by Crippen LogP contribution is -1.62. The summed E-state index contributed by atoms with van der Waals surface area (Å²) in [5.74, 6) is 0. The molecular formula is C16H18BFN2. The van der Waals surface area contributed by atoms with E-state index in [1.54, 1.807) is 0 Å².